The van der Waals surface area contributed by atoms with Crippen LogP contribution in [0.15, 0.2) is 67.0 Å². The van der Waals surface area contributed by atoms with Crippen molar-refractivity contribution in [2.45, 2.75) is 6.42 Å². The minimum atomic E-state index is -0.527. The first kappa shape index (κ1) is 21.2. The van der Waals surface area contributed by atoms with Crippen molar-refractivity contribution >= 4 is 28.3 Å². The zero-order chi connectivity index (χ0) is 22.3. The third kappa shape index (κ3) is 4.81. The third-order valence-corrected chi connectivity index (χ3v) is 4.79. The van der Waals surface area contributed by atoms with Gasteiger partial charge in [0, 0.05) is 43.5 Å². The van der Waals surface area contributed by atoms with Crippen LogP contribution in [-0.2, 0) is 4.74 Å². The van der Waals surface area contributed by atoms with Crippen molar-refractivity contribution in [3.05, 3.63) is 72.6 Å². The maximum Gasteiger partial charge on any atom is 0.250 e. The number of benzene rings is 2. The van der Waals surface area contributed by atoms with Gasteiger partial charge in [0.2, 0.25) is 0 Å². The number of hydrogen-bond acceptors (Lipinski definition) is 7. The number of nitrogens with zero attached hydrogens (tertiary/aromatic N) is 3. The molecule has 162 valence electrons. The molecule has 0 aliphatic heterocycles. The average molecular weight is 429 g/mol. The molecule has 0 fully saturated rings. The van der Waals surface area contributed by atoms with E-state index in [4.69, 9.17) is 25.2 Å². The molecule has 0 saturated heterocycles. The van der Waals surface area contributed by atoms with Gasteiger partial charge in [0.05, 0.1) is 23.4 Å². The van der Waals surface area contributed by atoms with E-state index in [1.54, 1.807) is 37.7 Å². The summed E-state index contributed by atoms with van der Waals surface area (Å²) in [5.41, 5.74) is 7.99. The SMILES string of the molecule is COCCCOc1ccc2nc(-c3cccnc3)nc(Nc3ccccc3C(N)=O)c2c1. The molecule has 3 N–H and O–H groups in total. The van der Waals surface area contributed by atoms with Gasteiger partial charge in [0.1, 0.15) is 11.6 Å². The topological polar surface area (TPSA) is 112 Å². The number of fused-ring (bicyclic) bond motifs is 1. The molecule has 4 aromatic rings. The molecular weight excluding hydrogens is 406 g/mol. The van der Waals surface area contributed by atoms with Gasteiger partial charge in [-0.3, -0.25) is 9.78 Å². The minimum Gasteiger partial charge on any atom is -0.493 e. The number of nitrogens with one attached hydrogen (secondary N) is 1. The van der Waals surface area contributed by atoms with E-state index in [0.29, 0.717) is 41.9 Å². The van der Waals surface area contributed by atoms with E-state index in [2.05, 4.69) is 10.3 Å². The quantitative estimate of drug-likeness (QED) is 0.387. The highest BCUT2D eigenvalue weighted by Crippen LogP contribution is 2.31. The summed E-state index contributed by atoms with van der Waals surface area (Å²) in [7, 11) is 1.66. The van der Waals surface area contributed by atoms with Gasteiger partial charge in [-0.25, -0.2) is 9.97 Å². The first-order chi connectivity index (χ1) is 15.7. The summed E-state index contributed by atoms with van der Waals surface area (Å²) in [6.45, 7) is 1.16. The molecule has 2 heterocycles. The minimum absolute atomic E-state index is 0.370. The van der Waals surface area contributed by atoms with Gasteiger partial charge in [0.25, 0.3) is 5.91 Å². The highest BCUT2D eigenvalue weighted by Gasteiger charge is 2.14. The lowest BCUT2D eigenvalue weighted by Gasteiger charge is -2.14. The Labute approximate surface area is 185 Å². The highest BCUT2D eigenvalue weighted by molar-refractivity contribution is 6.01. The van der Waals surface area contributed by atoms with Crippen molar-refractivity contribution in [1.82, 2.24) is 15.0 Å². The number of ether oxygens (including phenoxy) is 2. The standard InChI is InChI=1S/C24H23N5O3/c1-31-12-5-13-32-17-9-10-21-19(14-17)24(28-20-8-3-2-7-18(20)22(25)30)29-23(27-21)16-6-4-11-26-15-16/h2-4,6-11,14-15H,5,12-13H2,1H3,(H2,25,30)(H,27,28,29). The number of anilines is 2. The smallest absolute Gasteiger partial charge is 0.250 e. The van der Waals surface area contributed by atoms with E-state index in [1.165, 1.54) is 0 Å². The van der Waals surface area contributed by atoms with E-state index in [1.807, 2.05) is 36.4 Å². The van der Waals surface area contributed by atoms with Gasteiger partial charge in [-0.2, -0.15) is 0 Å². The fourth-order valence-corrected chi connectivity index (χ4v) is 3.24. The van der Waals surface area contributed by atoms with Gasteiger partial charge in [-0.15, -0.1) is 0 Å². The lowest BCUT2D eigenvalue weighted by atomic mass is 10.1. The van der Waals surface area contributed by atoms with Crippen LogP contribution in [0.4, 0.5) is 11.5 Å². The predicted molar refractivity (Wildman–Crippen MR) is 123 cm³/mol. The highest BCUT2D eigenvalue weighted by atomic mass is 16.5. The molecule has 0 aliphatic rings. The van der Waals surface area contributed by atoms with Gasteiger partial charge in [-0.05, 0) is 42.5 Å². The largest absolute Gasteiger partial charge is 0.493 e. The molecule has 0 saturated carbocycles. The van der Waals surface area contributed by atoms with Gasteiger partial charge < -0.3 is 20.5 Å². The number of primary amides is 1. The second-order valence-electron chi connectivity index (χ2n) is 7.05. The summed E-state index contributed by atoms with van der Waals surface area (Å²) in [6.07, 6.45) is 4.18. The molecular formula is C24H23N5O3. The van der Waals surface area contributed by atoms with E-state index in [0.717, 1.165) is 22.9 Å². The Hall–Kier alpha value is -4.04. The molecule has 8 heteroatoms. The lowest BCUT2D eigenvalue weighted by molar-refractivity contribution is 0.100. The van der Waals surface area contributed by atoms with E-state index < -0.39 is 5.91 Å². The van der Waals surface area contributed by atoms with Crippen LogP contribution in [0.25, 0.3) is 22.3 Å². The second-order valence-corrected chi connectivity index (χ2v) is 7.05. The number of amides is 1. The van der Waals surface area contributed by atoms with Crippen LogP contribution in [-0.4, -0.2) is 41.2 Å². The molecule has 0 aliphatic carbocycles. The molecule has 2 aromatic carbocycles. The van der Waals surface area contributed by atoms with Crippen molar-refractivity contribution < 1.29 is 14.3 Å². The Morgan fingerprint density at radius 2 is 1.94 bits per heavy atom. The zero-order valence-corrected chi connectivity index (χ0v) is 17.6. The van der Waals surface area contributed by atoms with Crippen molar-refractivity contribution in [2.75, 3.05) is 25.6 Å². The second kappa shape index (κ2) is 9.84. The lowest BCUT2D eigenvalue weighted by Crippen LogP contribution is -2.13. The van der Waals surface area contributed by atoms with Crippen LogP contribution in [0.3, 0.4) is 0 Å². The number of hydrogen-bond donors (Lipinski definition) is 2. The summed E-state index contributed by atoms with van der Waals surface area (Å²) in [6, 6.07) is 16.4. The molecule has 0 spiro atoms. The van der Waals surface area contributed by atoms with E-state index >= 15 is 0 Å². The number of methoxy groups -OCH3 is 1. The van der Waals surface area contributed by atoms with E-state index in [-0.39, 0.29) is 0 Å². The fraction of sp³-hybridized carbons (Fsp3) is 0.167. The number of rotatable bonds is 9. The summed E-state index contributed by atoms with van der Waals surface area (Å²) >= 11 is 0. The molecule has 4 rings (SSSR count). The maximum absolute atomic E-state index is 11.9. The molecule has 0 atom stereocenters. The number of nitrogens with two attached hydrogens (primary N) is 1. The summed E-state index contributed by atoms with van der Waals surface area (Å²) in [5.74, 6) is 1.21. The molecule has 1 amide bonds. The Morgan fingerprint density at radius 1 is 1.06 bits per heavy atom. The van der Waals surface area contributed by atoms with Crippen molar-refractivity contribution in [1.29, 1.82) is 0 Å². The zero-order valence-electron chi connectivity index (χ0n) is 17.6. The average Bonchev–Trinajstić information content (AvgIpc) is 2.82. The van der Waals surface area contributed by atoms with Gasteiger partial charge >= 0.3 is 0 Å². The molecule has 32 heavy (non-hydrogen) atoms. The summed E-state index contributed by atoms with van der Waals surface area (Å²) in [4.78, 5) is 25.5. The number of para-hydroxylation sites is 1. The first-order valence-corrected chi connectivity index (χ1v) is 10.2. The maximum atomic E-state index is 11.9. The number of carbonyl (C=O) groups excluding carboxylic acids is 1. The monoisotopic (exact) mass is 429 g/mol. The Kier molecular flexibility index (Phi) is 6.52. The molecule has 0 unspecified atom stereocenters. The number of carbonyl (C=O) groups is 1. The Morgan fingerprint density at radius 3 is 2.72 bits per heavy atom. The molecule has 2 aromatic heterocycles. The van der Waals surface area contributed by atoms with Crippen LogP contribution in [0.2, 0.25) is 0 Å². The van der Waals surface area contributed by atoms with Gasteiger partial charge in [-0.1, -0.05) is 12.1 Å². The predicted octanol–water partition coefficient (Wildman–Crippen LogP) is 3.95. The number of pyridine rings is 1. The Balaban J connectivity index is 1.78. The van der Waals surface area contributed by atoms with E-state index in [9.17, 15) is 4.79 Å². The third-order valence-electron chi connectivity index (χ3n) is 4.79. The Bertz CT molecular complexity index is 1230. The van der Waals surface area contributed by atoms with Crippen LogP contribution >= 0.6 is 0 Å². The van der Waals surface area contributed by atoms with Crippen LogP contribution in [0.5, 0.6) is 5.75 Å². The molecule has 0 radical (unpaired) electrons. The molecule has 0 bridgehead atoms. The van der Waals surface area contributed by atoms with Crippen molar-refractivity contribution in [2.24, 2.45) is 5.73 Å². The van der Waals surface area contributed by atoms with Crippen molar-refractivity contribution in [3.8, 4) is 17.1 Å². The molecule has 8 nitrogen and oxygen atoms in total. The van der Waals surface area contributed by atoms with Crippen LogP contribution in [0, 0.1) is 0 Å². The number of aromatic nitrogens is 3. The summed E-state index contributed by atoms with van der Waals surface area (Å²) < 4.78 is 10.9. The van der Waals surface area contributed by atoms with Crippen LogP contribution < -0.4 is 15.8 Å². The van der Waals surface area contributed by atoms with Crippen molar-refractivity contribution in [3.63, 3.8) is 0 Å². The van der Waals surface area contributed by atoms with Crippen LogP contribution in [0.1, 0.15) is 16.8 Å². The van der Waals surface area contributed by atoms with Gasteiger partial charge in [0.15, 0.2) is 5.82 Å². The fourth-order valence-electron chi connectivity index (χ4n) is 3.24. The first-order valence-electron chi connectivity index (χ1n) is 10.2. The summed E-state index contributed by atoms with van der Waals surface area (Å²) in [5, 5.41) is 4.01. The normalized spacial score (nSPS) is 10.8.